The van der Waals surface area contributed by atoms with Crippen LogP contribution in [-0.2, 0) is 14.8 Å². The van der Waals surface area contributed by atoms with Crippen molar-refractivity contribution in [3.63, 3.8) is 0 Å². The van der Waals surface area contributed by atoms with Gasteiger partial charge in [0.2, 0.25) is 10.0 Å². The first-order valence-electron chi connectivity index (χ1n) is 5.36. The second-order valence-electron chi connectivity index (χ2n) is 4.45. The summed E-state index contributed by atoms with van der Waals surface area (Å²) >= 11 is 0. The van der Waals surface area contributed by atoms with Crippen molar-refractivity contribution in [2.24, 2.45) is 11.1 Å². The van der Waals surface area contributed by atoms with Crippen molar-refractivity contribution >= 4 is 15.8 Å². The summed E-state index contributed by atoms with van der Waals surface area (Å²) in [5.74, 6) is 0.0423. The van der Waals surface area contributed by atoms with Crippen LogP contribution in [0, 0.1) is 5.92 Å². The molecule has 4 nitrogen and oxygen atoms in total. The Morgan fingerprint density at radius 1 is 1.18 bits per heavy atom. The molecule has 0 saturated heterocycles. The van der Waals surface area contributed by atoms with Crippen LogP contribution in [0.3, 0.4) is 0 Å². The Morgan fingerprint density at radius 2 is 1.65 bits per heavy atom. The molecule has 0 fully saturated rings. The molecule has 1 aromatic carbocycles. The van der Waals surface area contributed by atoms with Gasteiger partial charge < -0.3 is 0 Å². The van der Waals surface area contributed by atoms with Crippen molar-refractivity contribution in [3.8, 4) is 0 Å². The van der Waals surface area contributed by atoms with Gasteiger partial charge in [0.05, 0.1) is 4.90 Å². The Hall–Kier alpha value is -1.20. The molecule has 0 heterocycles. The van der Waals surface area contributed by atoms with Gasteiger partial charge in [-0.15, -0.1) is 0 Å². The highest BCUT2D eigenvalue weighted by atomic mass is 32.2. The van der Waals surface area contributed by atoms with E-state index in [1.165, 1.54) is 19.1 Å². The molecule has 0 aliphatic carbocycles. The third-order valence-electron chi connectivity index (χ3n) is 2.67. The van der Waals surface area contributed by atoms with Crippen LogP contribution in [-0.4, -0.2) is 14.2 Å². The molecule has 2 N–H and O–H groups in total. The van der Waals surface area contributed by atoms with Gasteiger partial charge in [0, 0.05) is 5.92 Å². The molecular weight excluding hydrogens is 238 g/mol. The molecule has 0 radical (unpaired) electrons. The fourth-order valence-corrected chi connectivity index (χ4v) is 2.47. The Balaban J connectivity index is 3.13. The maximum absolute atomic E-state index is 11.5. The number of benzene rings is 1. The summed E-state index contributed by atoms with van der Waals surface area (Å²) in [6.07, 6.45) is 0. The van der Waals surface area contributed by atoms with E-state index >= 15 is 0 Å². The van der Waals surface area contributed by atoms with Crippen molar-refractivity contribution in [2.45, 2.75) is 31.6 Å². The molecule has 1 atom stereocenters. The SMILES string of the molecule is CC(=O)C(c1ccc(S(N)(=O)=O)cc1)C(C)C. The molecule has 0 amide bonds. The molecule has 5 heteroatoms. The molecule has 1 aromatic rings. The van der Waals surface area contributed by atoms with Crippen molar-refractivity contribution < 1.29 is 13.2 Å². The Labute approximate surface area is 102 Å². The second-order valence-corrected chi connectivity index (χ2v) is 6.01. The summed E-state index contributed by atoms with van der Waals surface area (Å²) < 4.78 is 22.2. The molecule has 0 saturated carbocycles. The van der Waals surface area contributed by atoms with Crippen molar-refractivity contribution in [3.05, 3.63) is 29.8 Å². The Kier molecular flexibility index (Phi) is 4.06. The lowest BCUT2D eigenvalue weighted by molar-refractivity contribution is -0.119. The summed E-state index contributed by atoms with van der Waals surface area (Å²) in [7, 11) is -3.67. The summed E-state index contributed by atoms with van der Waals surface area (Å²) in [6, 6.07) is 6.16. The van der Waals surface area contributed by atoms with Crippen molar-refractivity contribution in [1.82, 2.24) is 0 Å². The molecule has 0 aliphatic rings. The van der Waals surface area contributed by atoms with E-state index in [9.17, 15) is 13.2 Å². The zero-order valence-electron chi connectivity index (χ0n) is 10.2. The summed E-state index contributed by atoms with van der Waals surface area (Å²) in [6.45, 7) is 5.46. The van der Waals surface area contributed by atoms with Crippen LogP contribution in [0.1, 0.15) is 32.3 Å². The zero-order chi connectivity index (χ0) is 13.2. The van der Waals surface area contributed by atoms with Crippen LogP contribution in [0.25, 0.3) is 0 Å². The number of primary sulfonamides is 1. The molecule has 0 bridgehead atoms. The van der Waals surface area contributed by atoms with Crippen LogP contribution in [0.2, 0.25) is 0 Å². The largest absolute Gasteiger partial charge is 0.299 e. The number of Topliss-reactive ketones (excluding diaryl/α,β-unsaturated/α-hetero) is 1. The first kappa shape index (κ1) is 13.9. The molecule has 17 heavy (non-hydrogen) atoms. The van der Waals surface area contributed by atoms with Crippen LogP contribution < -0.4 is 5.14 Å². The summed E-state index contributed by atoms with van der Waals surface area (Å²) in [5.41, 5.74) is 0.819. The monoisotopic (exact) mass is 255 g/mol. The number of carbonyl (C=O) groups is 1. The smallest absolute Gasteiger partial charge is 0.238 e. The highest BCUT2D eigenvalue weighted by Crippen LogP contribution is 2.26. The molecular formula is C12H17NO3S. The molecule has 0 spiro atoms. The third-order valence-corrected chi connectivity index (χ3v) is 3.60. The average molecular weight is 255 g/mol. The van der Waals surface area contributed by atoms with E-state index in [1.54, 1.807) is 12.1 Å². The van der Waals surface area contributed by atoms with Gasteiger partial charge in [-0.2, -0.15) is 0 Å². The van der Waals surface area contributed by atoms with E-state index in [1.807, 2.05) is 13.8 Å². The number of hydrogen-bond acceptors (Lipinski definition) is 3. The minimum absolute atomic E-state index is 0.0623. The summed E-state index contributed by atoms with van der Waals surface area (Å²) in [5, 5.41) is 5.01. The predicted octanol–water partition coefficient (Wildman–Crippen LogP) is 1.66. The van der Waals surface area contributed by atoms with Crippen molar-refractivity contribution in [1.29, 1.82) is 0 Å². The van der Waals surface area contributed by atoms with Gasteiger partial charge in [-0.1, -0.05) is 26.0 Å². The van der Waals surface area contributed by atoms with Crippen LogP contribution in [0.15, 0.2) is 29.2 Å². The second kappa shape index (κ2) is 4.98. The van der Waals surface area contributed by atoms with Gasteiger partial charge in [-0.05, 0) is 30.5 Å². The van der Waals surface area contributed by atoms with Gasteiger partial charge in [-0.3, -0.25) is 4.79 Å². The van der Waals surface area contributed by atoms with Crippen LogP contribution in [0.4, 0.5) is 0 Å². The highest BCUT2D eigenvalue weighted by molar-refractivity contribution is 7.89. The van der Waals surface area contributed by atoms with E-state index in [-0.39, 0.29) is 22.5 Å². The lowest BCUT2D eigenvalue weighted by Crippen LogP contribution is -2.16. The first-order chi connectivity index (χ1) is 7.73. The standard InChI is InChI=1S/C12H17NO3S/c1-8(2)12(9(3)14)10-4-6-11(7-5-10)17(13,15)16/h4-8,12H,1-3H3,(H2,13,15,16). The quantitative estimate of drug-likeness (QED) is 0.888. The van der Waals surface area contributed by atoms with Gasteiger partial charge in [0.1, 0.15) is 5.78 Å². The van der Waals surface area contributed by atoms with Gasteiger partial charge in [0.25, 0.3) is 0 Å². The Morgan fingerprint density at radius 3 is 1.94 bits per heavy atom. The third kappa shape index (κ3) is 3.38. The van der Waals surface area contributed by atoms with Gasteiger partial charge >= 0.3 is 0 Å². The number of sulfonamides is 1. The molecule has 1 unspecified atom stereocenters. The lowest BCUT2D eigenvalue weighted by atomic mass is 9.86. The number of carbonyl (C=O) groups excluding carboxylic acids is 1. The maximum Gasteiger partial charge on any atom is 0.238 e. The number of ketones is 1. The lowest BCUT2D eigenvalue weighted by Gasteiger charge is -2.18. The molecule has 0 aromatic heterocycles. The topological polar surface area (TPSA) is 77.2 Å². The first-order valence-corrected chi connectivity index (χ1v) is 6.91. The fourth-order valence-electron chi connectivity index (χ4n) is 1.95. The van der Waals surface area contributed by atoms with Crippen LogP contribution in [0.5, 0.6) is 0 Å². The predicted molar refractivity (Wildman–Crippen MR) is 66.1 cm³/mol. The number of nitrogens with two attached hydrogens (primary N) is 1. The summed E-state index contributed by atoms with van der Waals surface area (Å²) in [4.78, 5) is 11.6. The highest BCUT2D eigenvalue weighted by Gasteiger charge is 2.20. The van der Waals surface area contributed by atoms with Crippen molar-refractivity contribution in [2.75, 3.05) is 0 Å². The van der Waals surface area contributed by atoms with Gasteiger partial charge in [-0.25, -0.2) is 13.6 Å². The fraction of sp³-hybridized carbons (Fsp3) is 0.417. The van der Waals surface area contributed by atoms with E-state index in [0.717, 1.165) is 5.56 Å². The van der Waals surface area contributed by atoms with E-state index in [2.05, 4.69) is 0 Å². The maximum atomic E-state index is 11.5. The molecule has 0 aliphatic heterocycles. The minimum atomic E-state index is -3.67. The van der Waals surface area contributed by atoms with E-state index in [4.69, 9.17) is 5.14 Å². The Bertz CT molecular complexity index is 503. The number of rotatable bonds is 4. The van der Waals surface area contributed by atoms with Gasteiger partial charge in [0.15, 0.2) is 0 Å². The van der Waals surface area contributed by atoms with E-state index < -0.39 is 10.0 Å². The minimum Gasteiger partial charge on any atom is -0.299 e. The van der Waals surface area contributed by atoms with E-state index in [0.29, 0.717) is 0 Å². The normalized spacial score (nSPS) is 13.7. The molecule has 1 rings (SSSR count). The van der Waals surface area contributed by atoms with Crippen LogP contribution >= 0.6 is 0 Å². The number of hydrogen-bond donors (Lipinski definition) is 1. The zero-order valence-corrected chi connectivity index (χ0v) is 11.0. The average Bonchev–Trinajstić information content (AvgIpc) is 2.15. The molecule has 94 valence electrons.